The molecular weight excluding hydrogens is 425 g/mol. The number of nitro benzene ring substituents is 1. The van der Waals surface area contributed by atoms with Crippen molar-refractivity contribution >= 4 is 17.3 Å². The lowest BCUT2D eigenvalue weighted by Crippen LogP contribution is -2.49. The van der Waals surface area contributed by atoms with Crippen LogP contribution >= 0.6 is 0 Å². The Labute approximate surface area is 181 Å². The molecule has 0 aliphatic carbocycles. The number of hydrogen-bond donors (Lipinski definition) is 0. The second kappa shape index (κ2) is 8.37. The van der Waals surface area contributed by atoms with E-state index in [9.17, 15) is 28.1 Å². The molecular formula is C22H19F3N4O3. The van der Waals surface area contributed by atoms with Gasteiger partial charge in [-0.2, -0.15) is 13.2 Å². The van der Waals surface area contributed by atoms with Crippen LogP contribution in [0.1, 0.15) is 15.9 Å². The van der Waals surface area contributed by atoms with Crippen LogP contribution in [0.3, 0.4) is 0 Å². The molecule has 1 aliphatic rings. The summed E-state index contributed by atoms with van der Waals surface area (Å²) >= 11 is 0. The van der Waals surface area contributed by atoms with Gasteiger partial charge in [0.15, 0.2) is 0 Å². The first-order valence-electron chi connectivity index (χ1n) is 9.88. The van der Waals surface area contributed by atoms with E-state index in [2.05, 4.69) is 0 Å². The summed E-state index contributed by atoms with van der Waals surface area (Å²) in [5.74, 6) is -0.660. The SMILES string of the molecule is O=C(c1ccccc1C(F)(F)F)N1CCN(c2ccc([N+](=O)[O-])cc2-n2cccc2)CC1. The van der Waals surface area contributed by atoms with Gasteiger partial charge in [0.2, 0.25) is 0 Å². The number of non-ortho nitro benzene ring substituents is 1. The standard InChI is InChI=1S/C22H19F3N4O3/c23-22(24,25)18-6-2-1-5-17(18)21(30)28-13-11-27(12-14-28)19-8-7-16(29(31)32)15-20(19)26-9-3-4-10-26/h1-10,15H,11-14H2. The lowest BCUT2D eigenvalue weighted by molar-refractivity contribution is -0.384. The molecule has 0 spiro atoms. The molecule has 0 radical (unpaired) electrons. The van der Waals surface area contributed by atoms with Crippen LogP contribution in [0.25, 0.3) is 5.69 Å². The fraction of sp³-hybridized carbons (Fsp3) is 0.227. The van der Waals surface area contributed by atoms with Crippen LogP contribution in [0.5, 0.6) is 0 Å². The number of rotatable bonds is 4. The lowest BCUT2D eigenvalue weighted by atomic mass is 10.1. The zero-order chi connectivity index (χ0) is 22.9. The van der Waals surface area contributed by atoms with E-state index >= 15 is 0 Å². The molecule has 32 heavy (non-hydrogen) atoms. The normalized spacial score (nSPS) is 14.5. The molecule has 2 heterocycles. The average Bonchev–Trinajstić information content (AvgIpc) is 3.32. The summed E-state index contributed by atoms with van der Waals surface area (Å²) < 4.78 is 41.7. The molecule has 2 aromatic carbocycles. The number of alkyl halides is 3. The Bertz CT molecular complexity index is 1140. The van der Waals surface area contributed by atoms with Gasteiger partial charge in [0.1, 0.15) is 0 Å². The average molecular weight is 444 g/mol. The van der Waals surface area contributed by atoms with Gasteiger partial charge in [0.05, 0.1) is 27.4 Å². The summed E-state index contributed by atoms with van der Waals surface area (Å²) in [5, 5.41) is 11.2. The van der Waals surface area contributed by atoms with Crippen molar-refractivity contribution in [1.82, 2.24) is 9.47 Å². The zero-order valence-corrected chi connectivity index (χ0v) is 16.8. The molecule has 0 unspecified atom stereocenters. The molecule has 7 nitrogen and oxygen atoms in total. The van der Waals surface area contributed by atoms with Gasteiger partial charge in [-0.1, -0.05) is 12.1 Å². The Balaban J connectivity index is 1.55. The lowest BCUT2D eigenvalue weighted by Gasteiger charge is -2.37. The highest BCUT2D eigenvalue weighted by atomic mass is 19.4. The predicted molar refractivity (Wildman–Crippen MR) is 112 cm³/mol. The first kappa shape index (κ1) is 21.4. The molecule has 1 aliphatic heterocycles. The highest BCUT2D eigenvalue weighted by Gasteiger charge is 2.36. The fourth-order valence-electron chi connectivity index (χ4n) is 3.83. The number of aromatic nitrogens is 1. The van der Waals surface area contributed by atoms with E-state index < -0.39 is 22.6 Å². The molecule has 3 aromatic rings. The Kier molecular flexibility index (Phi) is 5.60. The van der Waals surface area contributed by atoms with Crippen LogP contribution in [0, 0.1) is 10.1 Å². The molecule has 1 aromatic heterocycles. The summed E-state index contributed by atoms with van der Waals surface area (Å²) in [6.07, 6.45) is -1.06. The van der Waals surface area contributed by atoms with E-state index in [-0.39, 0.29) is 24.3 Å². The summed E-state index contributed by atoms with van der Waals surface area (Å²) in [6, 6.07) is 12.9. The highest BCUT2D eigenvalue weighted by Crippen LogP contribution is 2.33. The molecule has 1 saturated heterocycles. The maximum Gasteiger partial charge on any atom is 0.417 e. The molecule has 1 amide bonds. The topological polar surface area (TPSA) is 71.6 Å². The molecule has 166 valence electrons. The summed E-state index contributed by atoms with van der Waals surface area (Å²) in [5.41, 5.74) is 0.00511. The fourth-order valence-corrected chi connectivity index (χ4v) is 3.83. The van der Waals surface area contributed by atoms with Crippen molar-refractivity contribution in [3.05, 3.63) is 88.2 Å². The van der Waals surface area contributed by atoms with E-state index in [1.807, 2.05) is 4.90 Å². The van der Waals surface area contributed by atoms with Crippen LogP contribution in [-0.2, 0) is 6.18 Å². The van der Waals surface area contributed by atoms with Gasteiger partial charge in [0.25, 0.3) is 11.6 Å². The van der Waals surface area contributed by atoms with E-state index in [4.69, 9.17) is 0 Å². The third kappa shape index (κ3) is 4.16. The number of piperazine rings is 1. The van der Waals surface area contributed by atoms with Gasteiger partial charge in [-0.05, 0) is 30.3 Å². The third-order valence-electron chi connectivity index (χ3n) is 5.42. The number of amides is 1. The van der Waals surface area contributed by atoms with Crippen LogP contribution in [0.4, 0.5) is 24.5 Å². The Morgan fingerprint density at radius 2 is 1.56 bits per heavy atom. The number of carbonyl (C=O) groups is 1. The number of nitrogens with zero attached hydrogens (tertiary/aromatic N) is 4. The maximum atomic E-state index is 13.3. The molecule has 0 atom stereocenters. The Morgan fingerprint density at radius 3 is 2.19 bits per heavy atom. The minimum Gasteiger partial charge on any atom is -0.366 e. The van der Waals surface area contributed by atoms with Crippen LogP contribution in [0.15, 0.2) is 67.0 Å². The second-order valence-corrected chi connectivity index (χ2v) is 7.34. The van der Waals surface area contributed by atoms with Crippen molar-refractivity contribution in [2.75, 3.05) is 31.1 Å². The second-order valence-electron chi connectivity index (χ2n) is 7.34. The van der Waals surface area contributed by atoms with Crippen molar-refractivity contribution in [3.63, 3.8) is 0 Å². The summed E-state index contributed by atoms with van der Waals surface area (Å²) in [4.78, 5) is 26.9. The molecule has 1 fully saturated rings. The molecule has 0 N–H and O–H groups in total. The van der Waals surface area contributed by atoms with E-state index in [0.717, 1.165) is 11.8 Å². The monoisotopic (exact) mass is 444 g/mol. The smallest absolute Gasteiger partial charge is 0.366 e. The first-order chi connectivity index (χ1) is 15.3. The van der Waals surface area contributed by atoms with Crippen molar-refractivity contribution in [2.45, 2.75) is 6.18 Å². The van der Waals surface area contributed by atoms with Gasteiger partial charge < -0.3 is 14.4 Å². The van der Waals surface area contributed by atoms with Gasteiger partial charge >= 0.3 is 6.18 Å². The predicted octanol–water partition coefficient (Wildman–Crippen LogP) is 4.37. The van der Waals surface area contributed by atoms with Crippen LogP contribution in [-0.4, -0.2) is 46.5 Å². The van der Waals surface area contributed by atoms with Crippen LogP contribution < -0.4 is 4.90 Å². The molecule has 0 saturated carbocycles. The molecule has 0 bridgehead atoms. The third-order valence-corrected chi connectivity index (χ3v) is 5.42. The van der Waals surface area contributed by atoms with Crippen molar-refractivity contribution in [3.8, 4) is 5.69 Å². The minimum atomic E-state index is -4.61. The van der Waals surface area contributed by atoms with E-state index in [1.165, 1.54) is 35.2 Å². The molecule has 10 heteroatoms. The zero-order valence-electron chi connectivity index (χ0n) is 16.8. The van der Waals surface area contributed by atoms with Gasteiger partial charge in [0, 0.05) is 50.7 Å². The van der Waals surface area contributed by atoms with E-state index in [0.29, 0.717) is 18.8 Å². The molecule has 4 rings (SSSR count). The van der Waals surface area contributed by atoms with Crippen LogP contribution in [0.2, 0.25) is 0 Å². The van der Waals surface area contributed by atoms with Crippen molar-refractivity contribution in [1.29, 1.82) is 0 Å². The largest absolute Gasteiger partial charge is 0.417 e. The number of anilines is 1. The van der Waals surface area contributed by atoms with Gasteiger partial charge in [-0.3, -0.25) is 14.9 Å². The van der Waals surface area contributed by atoms with Gasteiger partial charge in [-0.15, -0.1) is 0 Å². The van der Waals surface area contributed by atoms with Gasteiger partial charge in [-0.25, -0.2) is 0 Å². The van der Waals surface area contributed by atoms with Crippen molar-refractivity contribution in [2.24, 2.45) is 0 Å². The summed E-state index contributed by atoms with van der Waals surface area (Å²) in [7, 11) is 0. The Hall–Kier alpha value is -3.82. The highest BCUT2D eigenvalue weighted by molar-refractivity contribution is 5.96. The van der Waals surface area contributed by atoms with Crippen molar-refractivity contribution < 1.29 is 22.9 Å². The maximum absolute atomic E-state index is 13.3. The quantitative estimate of drug-likeness (QED) is 0.443. The number of hydrogen-bond acceptors (Lipinski definition) is 4. The number of nitro groups is 1. The number of benzene rings is 2. The number of halogens is 3. The Morgan fingerprint density at radius 1 is 0.906 bits per heavy atom. The first-order valence-corrected chi connectivity index (χ1v) is 9.88. The summed E-state index contributed by atoms with van der Waals surface area (Å²) in [6.45, 7) is 1.22. The minimum absolute atomic E-state index is 0.0463. The van der Waals surface area contributed by atoms with E-state index in [1.54, 1.807) is 35.2 Å². The number of carbonyl (C=O) groups excluding carboxylic acids is 1.